The summed E-state index contributed by atoms with van der Waals surface area (Å²) in [6, 6.07) is 5.56. The van der Waals surface area contributed by atoms with E-state index in [0.29, 0.717) is 40.1 Å². The molecule has 0 saturated carbocycles. The third-order valence-corrected chi connectivity index (χ3v) is 5.87. The molecule has 4 atom stereocenters. The molecule has 0 saturated heterocycles. The van der Waals surface area contributed by atoms with Gasteiger partial charge in [-0.2, -0.15) is 5.26 Å². The minimum absolute atomic E-state index is 0.167. The molecule has 0 fully saturated rings. The maximum atomic E-state index is 12.7. The molecule has 11 heteroatoms. The number of hydrogen-bond donors (Lipinski definition) is 5. The van der Waals surface area contributed by atoms with Crippen molar-refractivity contribution in [1.29, 1.82) is 5.26 Å². The fourth-order valence-electron chi connectivity index (χ4n) is 2.83. The fraction of sp³-hybridized carbons (Fsp3) is 0.455. The van der Waals surface area contributed by atoms with Crippen LogP contribution in [0.3, 0.4) is 0 Å². The molecule has 0 radical (unpaired) electrons. The fourth-order valence-corrected chi connectivity index (χ4v) is 3.79. The third-order valence-electron chi connectivity index (χ3n) is 4.67. The molecule has 0 aliphatic rings. The van der Waals surface area contributed by atoms with E-state index in [2.05, 4.69) is 16.4 Å². The minimum Gasteiger partial charge on any atom is -0.492 e. The smallest absolute Gasteiger partial charge is 0.263 e. The van der Waals surface area contributed by atoms with E-state index in [9.17, 15) is 30.2 Å². The first-order chi connectivity index (χ1) is 15.6. The van der Waals surface area contributed by atoms with E-state index < -0.39 is 36.9 Å². The second kappa shape index (κ2) is 11.8. The molecule has 1 aromatic carbocycles. The Labute approximate surface area is 195 Å². The zero-order valence-corrected chi connectivity index (χ0v) is 19.2. The minimum atomic E-state index is -1.84. The van der Waals surface area contributed by atoms with Crippen molar-refractivity contribution >= 4 is 23.5 Å². The van der Waals surface area contributed by atoms with Crippen molar-refractivity contribution in [2.24, 2.45) is 5.92 Å². The van der Waals surface area contributed by atoms with Gasteiger partial charge in [-0.3, -0.25) is 4.79 Å². The van der Waals surface area contributed by atoms with Gasteiger partial charge in [0.25, 0.3) is 5.91 Å². The average molecular weight is 478 g/mol. The summed E-state index contributed by atoms with van der Waals surface area (Å²) < 4.78 is 5.66. The van der Waals surface area contributed by atoms with Gasteiger partial charge in [0.2, 0.25) is 0 Å². The van der Waals surface area contributed by atoms with Crippen LogP contribution in [0, 0.1) is 24.2 Å². The van der Waals surface area contributed by atoms with E-state index in [-0.39, 0.29) is 11.2 Å². The number of carbonyl (C=O) groups excluding carboxylic acids is 2. The lowest BCUT2D eigenvalue weighted by Gasteiger charge is -2.26. The Bertz CT molecular complexity index is 1020. The van der Waals surface area contributed by atoms with Crippen LogP contribution in [0.5, 0.6) is 5.75 Å². The molecule has 1 aromatic heterocycles. The van der Waals surface area contributed by atoms with E-state index in [0.717, 1.165) is 11.3 Å². The van der Waals surface area contributed by atoms with Crippen LogP contribution >= 0.6 is 11.3 Å². The van der Waals surface area contributed by atoms with Crippen molar-refractivity contribution < 1.29 is 34.8 Å². The number of aliphatic hydroxyl groups is 4. The molecular formula is C22H27N3O7S. The van der Waals surface area contributed by atoms with Gasteiger partial charge in [0.1, 0.15) is 52.3 Å². The van der Waals surface area contributed by atoms with E-state index in [1.807, 2.05) is 13.8 Å². The van der Waals surface area contributed by atoms with Crippen LogP contribution in [0.15, 0.2) is 18.2 Å². The highest BCUT2D eigenvalue weighted by Gasteiger charge is 2.32. The summed E-state index contributed by atoms with van der Waals surface area (Å²) in [5, 5.41) is 50.4. The zero-order chi connectivity index (χ0) is 24.7. The second-order valence-electron chi connectivity index (χ2n) is 7.83. The van der Waals surface area contributed by atoms with Gasteiger partial charge in [-0.25, -0.2) is 4.98 Å². The predicted octanol–water partition coefficient (Wildman–Crippen LogP) is 0.397. The molecule has 178 valence electrons. The summed E-state index contributed by atoms with van der Waals surface area (Å²) in [5.74, 6) is 0.0312. The Kier molecular flexibility index (Phi) is 9.45. The van der Waals surface area contributed by atoms with Gasteiger partial charge in [-0.15, -0.1) is 11.3 Å². The molecule has 1 heterocycles. The number of thiazole rings is 1. The van der Waals surface area contributed by atoms with Gasteiger partial charge in [-0.1, -0.05) is 13.8 Å². The number of aryl methyl sites for hydroxylation is 1. The first kappa shape index (κ1) is 26.4. The van der Waals surface area contributed by atoms with Gasteiger partial charge in [-0.05, 0) is 31.0 Å². The lowest BCUT2D eigenvalue weighted by atomic mass is 10.0. The predicted molar refractivity (Wildman–Crippen MR) is 120 cm³/mol. The number of nitrogens with zero attached hydrogens (tertiary/aromatic N) is 2. The Hall–Kier alpha value is -2.88. The van der Waals surface area contributed by atoms with E-state index >= 15 is 0 Å². The van der Waals surface area contributed by atoms with Crippen LogP contribution in [0.4, 0.5) is 0 Å². The SMILES string of the molecule is Cc1nc(-c2ccc(OCC(C)C)c(C#N)c2)sc1C(=O)NC(C=O)C(O)C(O)C(O)CO. The maximum absolute atomic E-state index is 12.7. The van der Waals surface area contributed by atoms with E-state index in [4.69, 9.17) is 9.84 Å². The van der Waals surface area contributed by atoms with Crippen LogP contribution < -0.4 is 10.1 Å². The lowest BCUT2D eigenvalue weighted by Crippen LogP contribution is -2.53. The summed E-state index contributed by atoms with van der Waals surface area (Å²) in [6.45, 7) is 5.21. The van der Waals surface area contributed by atoms with Crippen molar-refractivity contribution in [2.45, 2.75) is 45.1 Å². The highest BCUT2D eigenvalue weighted by atomic mass is 32.1. The molecule has 4 unspecified atom stereocenters. The number of aliphatic hydroxyl groups excluding tert-OH is 4. The van der Waals surface area contributed by atoms with E-state index in [1.165, 1.54) is 0 Å². The second-order valence-corrected chi connectivity index (χ2v) is 8.83. The van der Waals surface area contributed by atoms with Gasteiger partial charge in [0.05, 0.1) is 24.5 Å². The zero-order valence-electron chi connectivity index (χ0n) is 18.4. The molecule has 2 aromatic rings. The Balaban J connectivity index is 2.23. The summed E-state index contributed by atoms with van der Waals surface area (Å²) >= 11 is 1.02. The van der Waals surface area contributed by atoms with Crippen molar-refractivity contribution in [3.05, 3.63) is 34.3 Å². The normalized spacial score (nSPS) is 14.8. The molecular weight excluding hydrogens is 450 g/mol. The number of hydrogen-bond acceptors (Lipinski definition) is 10. The molecule has 0 aliphatic carbocycles. The van der Waals surface area contributed by atoms with E-state index in [1.54, 1.807) is 25.1 Å². The third kappa shape index (κ3) is 6.56. The summed E-state index contributed by atoms with van der Waals surface area (Å²) in [5.41, 5.74) is 1.29. The first-order valence-corrected chi connectivity index (χ1v) is 11.0. The molecule has 0 aliphatic heterocycles. The van der Waals surface area contributed by atoms with Crippen molar-refractivity contribution in [3.63, 3.8) is 0 Å². The van der Waals surface area contributed by atoms with Gasteiger partial charge < -0.3 is 35.3 Å². The highest BCUT2D eigenvalue weighted by molar-refractivity contribution is 7.17. The summed E-state index contributed by atoms with van der Waals surface area (Å²) in [4.78, 5) is 28.6. The van der Waals surface area contributed by atoms with Crippen LogP contribution in [-0.2, 0) is 4.79 Å². The van der Waals surface area contributed by atoms with Crippen molar-refractivity contribution in [1.82, 2.24) is 10.3 Å². The quantitative estimate of drug-likeness (QED) is 0.287. The average Bonchev–Trinajstić information content (AvgIpc) is 3.20. The number of aldehydes is 1. The summed E-state index contributed by atoms with van der Waals surface area (Å²) in [6.07, 6.45) is -5.14. The molecule has 10 nitrogen and oxygen atoms in total. The molecule has 1 amide bonds. The van der Waals surface area contributed by atoms with Crippen LogP contribution in [0.2, 0.25) is 0 Å². The highest BCUT2D eigenvalue weighted by Crippen LogP contribution is 2.31. The summed E-state index contributed by atoms with van der Waals surface area (Å²) in [7, 11) is 0. The van der Waals surface area contributed by atoms with Gasteiger partial charge >= 0.3 is 0 Å². The molecule has 0 bridgehead atoms. The van der Waals surface area contributed by atoms with Gasteiger partial charge in [0, 0.05) is 5.56 Å². The van der Waals surface area contributed by atoms with Gasteiger partial charge in [0.15, 0.2) is 0 Å². The number of aromatic nitrogens is 1. The largest absolute Gasteiger partial charge is 0.492 e. The number of nitrogens with one attached hydrogen (secondary N) is 1. The molecule has 5 N–H and O–H groups in total. The van der Waals surface area contributed by atoms with Crippen molar-refractivity contribution in [2.75, 3.05) is 13.2 Å². The van der Waals surface area contributed by atoms with Crippen LogP contribution in [0.1, 0.15) is 34.8 Å². The Morgan fingerprint density at radius 1 is 1.30 bits per heavy atom. The Morgan fingerprint density at radius 2 is 2.00 bits per heavy atom. The Morgan fingerprint density at radius 3 is 2.58 bits per heavy atom. The topological polar surface area (TPSA) is 173 Å². The van der Waals surface area contributed by atoms with Crippen LogP contribution in [-0.4, -0.2) is 75.2 Å². The number of rotatable bonds is 11. The number of nitriles is 1. The standard InChI is InChI=1S/C22H27N3O7S/c1-11(2)10-32-17-5-4-13(6-14(17)7-23)22-24-12(3)20(33-22)21(31)25-15(8-26)18(29)19(30)16(28)9-27/h4-6,8,11,15-16,18-19,27-30H,9-10H2,1-3H3,(H,25,31). The number of carbonyl (C=O) groups is 2. The first-order valence-electron chi connectivity index (χ1n) is 10.2. The molecule has 2 rings (SSSR count). The monoisotopic (exact) mass is 477 g/mol. The molecule has 33 heavy (non-hydrogen) atoms. The van der Waals surface area contributed by atoms with Crippen LogP contribution in [0.25, 0.3) is 10.6 Å². The maximum Gasteiger partial charge on any atom is 0.263 e. The van der Waals surface area contributed by atoms with Crippen molar-refractivity contribution in [3.8, 4) is 22.4 Å². The number of amides is 1. The number of ether oxygens (including phenoxy) is 1. The number of benzene rings is 1. The lowest BCUT2D eigenvalue weighted by molar-refractivity contribution is -0.119. The molecule has 0 spiro atoms.